The van der Waals surface area contributed by atoms with Gasteiger partial charge >= 0.3 is 0 Å². The van der Waals surface area contributed by atoms with Crippen LogP contribution in [0.3, 0.4) is 0 Å². The van der Waals surface area contributed by atoms with Crippen LogP contribution in [0.25, 0.3) is 0 Å². The maximum atomic E-state index is 14.1. The molecule has 0 fully saturated rings. The SMILES string of the molecule is CCNC(=O)C(CC)N(Cc1cccc(OC)c1)C(=O)CN(c1ccc(C)c(C)c1)S(=O)(=O)c1ccc(C)cc1. The lowest BCUT2D eigenvalue weighted by Gasteiger charge is -2.33. The van der Waals surface area contributed by atoms with E-state index in [1.165, 1.54) is 4.90 Å². The van der Waals surface area contributed by atoms with Crippen LogP contribution in [0.1, 0.15) is 42.5 Å². The van der Waals surface area contributed by atoms with Crippen molar-refractivity contribution in [3.63, 3.8) is 0 Å². The maximum Gasteiger partial charge on any atom is 0.264 e. The number of aryl methyl sites for hydroxylation is 3. The number of methoxy groups -OCH3 is 1. The van der Waals surface area contributed by atoms with Crippen molar-refractivity contribution >= 4 is 27.5 Å². The number of amides is 2. The normalized spacial score (nSPS) is 11.9. The third kappa shape index (κ3) is 7.21. The number of hydrogen-bond acceptors (Lipinski definition) is 5. The van der Waals surface area contributed by atoms with Gasteiger partial charge in [0.2, 0.25) is 11.8 Å². The summed E-state index contributed by atoms with van der Waals surface area (Å²) >= 11 is 0. The second-order valence-electron chi connectivity index (χ2n) is 9.79. The molecule has 1 atom stereocenters. The van der Waals surface area contributed by atoms with Gasteiger partial charge in [-0.05, 0) is 87.2 Å². The van der Waals surface area contributed by atoms with E-state index in [1.54, 1.807) is 55.6 Å². The summed E-state index contributed by atoms with van der Waals surface area (Å²) in [7, 11) is -2.55. The predicted octanol–water partition coefficient (Wildman–Crippen LogP) is 4.76. The number of nitrogens with one attached hydrogen (secondary N) is 1. The van der Waals surface area contributed by atoms with E-state index in [-0.39, 0.29) is 17.3 Å². The number of sulfonamides is 1. The van der Waals surface area contributed by atoms with E-state index in [1.807, 2.05) is 52.8 Å². The summed E-state index contributed by atoms with van der Waals surface area (Å²) in [5, 5.41) is 2.81. The van der Waals surface area contributed by atoms with Crippen LogP contribution in [0.5, 0.6) is 5.75 Å². The number of likely N-dealkylation sites (N-methyl/N-ethyl adjacent to an activating group) is 1. The van der Waals surface area contributed by atoms with Crippen molar-refractivity contribution in [3.05, 3.63) is 89.0 Å². The maximum absolute atomic E-state index is 14.1. The van der Waals surface area contributed by atoms with Crippen LogP contribution in [0.2, 0.25) is 0 Å². The molecule has 0 aliphatic rings. The molecule has 8 nitrogen and oxygen atoms in total. The summed E-state index contributed by atoms with van der Waals surface area (Å²) in [4.78, 5) is 28.7. The Morgan fingerprint density at radius 2 is 1.62 bits per heavy atom. The highest BCUT2D eigenvalue weighted by atomic mass is 32.2. The van der Waals surface area contributed by atoms with Gasteiger partial charge in [0, 0.05) is 13.1 Å². The molecule has 3 aromatic rings. The Morgan fingerprint density at radius 1 is 0.925 bits per heavy atom. The van der Waals surface area contributed by atoms with Gasteiger partial charge in [0.15, 0.2) is 0 Å². The average Bonchev–Trinajstić information content (AvgIpc) is 2.93. The fourth-order valence-corrected chi connectivity index (χ4v) is 5.83. The third-order valence-electron chi connectivity index (χ3n) is 6.89. The second-order valence-corrected chi connectivity index (χ2v) is 11.6. The molecule has 2 amide bonds. The minimum atomic E-state index is -4.11. The summed E-state index contributed by atoms with van der Waals surface area (Å²) in [6.45, 7) is 9.41. The molecule has 9 heteroatoms. The number of anilines is 1. The number of carbonyl (C=O) groups excluding carboxylic acids is 2. The number of carbonyl (C=O) groups is 2. The summed E-state index contributed by atoms with van der Waals surface area (Å²) in [5.74, 6) is -0.162. The molecule has 0 saturated heterocycles. The van der Waals surface area contributed by atoms with E-state index in [0.717, 1.165) is 26.6 Å². The van der Waals surface area contributed by atoms with Gasteiger partial charge in [0.1, 0.15) is 18.3 Å². The van der Waals surface area contributed by atoms with Gasteiger partial charge in [-0.1, -0.05) is 42.8 Å². The Hall–Kier alpha value is -3.85. The lowest BCUT2D eigenvalue weighted by molar-refractivity contribution is -0.140. The average molecular weight is 566 g/mol. The van der Waals surface area contributed by atoms with Crippen molar-refractivity contribution in [3.8, 4) is 5.75 Å². The Bertz CT molecular complexity index is 1440. The van der Waals surface area contributed by atoms with Gasteiger partial charge in [-0.15, -0.1) is 0 Å². The number of benzene rings is 3. The van der Waals surface area contributed by atoms with E-state index in [2.05, 4.69) is 5.32 Å². The lowest BCUT2D eigenvalue weighted by atomic mass is 10.1. The smallest absolute Gasteiger partial charge is 0.264 e. The lowest BCUT2D eigenvalue weighted by Crippen LogP contribution is -2.52. The molecule has 3 rings (SSSR count). The summed E-state index contributed by atoms with van der Waals surface area (Å²) in [6.07, 6.45) is 0.357. The standard InChI is InChI=1S/C31H39N3O5S/c1-7-29(31(36)32-8-2)33(20-25-10-9-11-27(19-25)39-6)30(35)21-34(26-15-14-23(4)24(5)18-26)40(37,38)28-16-12-22(3)13-17-28/h9-19,29H,7-8,20-21H2,1-6H3,(H,32,36). The molecule has 0 bridgehead atoms. The first kappa shape index (κ1) is 30.7. The molecular weight excluding hydrogens is 526 g/mol. The molecule has 0 saturated carbocycles. The van der Waals surface area contributed by atoms with E-state index in [4.69, 9.17) is 4.74 Å². The molecule has 0 aromatic heterocycles. The molecule has 0 spiro atoms. The zero-order chi connectivity index (χ0) is 29.4. The molecular formula is C31H39N3O5S. The summed E-state index contributed by atoms with van der Waals surface area (Å²) in [5.41, 5.74) is 3.96. The Morgan fingerprint density at radius 3 is 2.23 bits per heavy atom. The zero-order valence-corrected chi connectivity index (χ0v) is 24.9. The fraction of sp³-hybridized carbons (Fsp3) is 0.355. The highest BCUT2D eigenvalue weighted by Gasteiger charge is 2.33. The fourth-order valence-electron chi connectivity index (χ4n) is 4.43. The van der Waals surface area contributed by atoms with Gasteiger partial charge in [0.05, 0.1) is 17.7 Å². The van der Waals surface area contributed by atoms with E-state index in [9.17, 15) is 18.0 Å². The minimum absolute atomic E-state index is 0.0826. The van der Waals surface area contributed by atoms with E-state index < -0.39 is 28.5 Å². The predicted molar refractivity (Wildman–Crippen MR) is 158 cm³/mol. The number of rotatable bonds is 12. The van der Waals surface area contributed by atoms with Crippen LogP contribution in [0.15, 0.2) is 71.6 Å². The highest BCUT2D eigenvalue weighted by Crippen LogP contribution is 2.27. The topological polar surface area (TPSA) is 96.0 Å². The first-order valence-corrected chi connectivity index (χ1v) is 14.8. The van der Waals surface area contributed by atoms with Crippen molar-refractivity contribution in [1.29, 1.82) is 0 Å². The van der Waals surface area contributed by atoms with Crippen molar-refractivity contribution in [2.24, 2.45) is 0 Å². The third-order valence-corrected chi connectivity index (χ3v) is 8.68. The van der Waals surface area contributed by atoms with Crippen molar-refractivity contribution in [2.75, 3.05) is 24.5 Å². The molecule has 1 unspecified atom stereocenters. The van der Waals surface area contributed by atoms with Gasteiger partial charge in [-0.3, -0.25) is 13.9 Å². The molecule has 0 heterocycles. The van der Waals surface area contributed by atoms with E-state index >= 15 is 0 Å². The molecule has 3 aromatic carbocycles. The van der Waals surface area contributed by atoms with Crippen LogP contribution in [-0.4, -0.2) is 51.4 Å². The van der Waals surface area contributed by atoms with Crippen molar-refractivity contribution < 1.29 is 22.7 Å². The largest absolute Gasteiger partial charge is 0.497 e. The van der Waals surface area contributed by atoms with Crippen LogP contribution >= 0.6 is 0 Å². The van der Waals surface area contributed by atoms with Crippen LogP contribution in [0.4, 0.5) is 5.69 Å². The first-order valence-electron chi connectivity index (χ1n) is 13.4. The van der Waals surface area contributed by atoms with Gasteiger partial charge in [0.25, 0.3) is 10.0 Å². The summed E-state index contributed by atoms with van der Waals surface area (Å²) < 4.78 is 34.4. The van der Waals surface area contributed by atoms with Gasteiger partial charge in [-0.2, -0.15) is 0 Å². The second kappa shape index (κ2) is 13.5. The van der Waals surface area contributed by atoms with Crippen LogP contribution in [0, 0.1) is 20.8 Å². The molecule has 0 aliphatic carbocycles. The molecule has 0 aliphatic heterocycles. The monoisotopic (exact) mass is 565 g/mol. The van der Waals surface area contributed by atoms with Crippen molar-refractivity contribution in [2.45, 2.75) is 58.5 Å². The van der Waals surface area contributed by atoms with E-state index in [0.29, 0.717) is 24.4 Å². The van der Waals surface area contributed by atoms with Crippen molar-refractivity contribution in [1.82, 2.24) is 10.2 Å². The molecule has 1 N–H and O–H groups in total. The number of nitrogens with zero attached hydrogens (tertiary/aromatic N) is 2. The molecule has 214 valence electrons. The quantitative estimate of drug-likeness (QED) is 0.342. The number of ether oxygens (including phenoxy) is 1. The zero-order valence-electron chi connectivity index (χ0n) is 24.1. The Kier molecular flexibility index (Phi) is 10.3. The van der Waals surface area contributed by atoms with Gasteiger partial charge in [-0.25, -0.2) is 8.42 Å². The Labute approximate surface area is 238 Å². The van der Waals surface area contributed by atoms with Crippen LogP contribution < -0.4 is 14.4 Å². The molecule has 40 heavy (non-hydrogen) atoms. The highest BCUT2D eigenvalue weighted by molar-refractivity contribution is 7.92. The van der Waals surface area contributed by atoms with Gasteiger partial charge < -0.3 is 15.0 Å². The minimum Gasteiger partial charge on any atom is -0.497 e. The first-order chi connectivity index (χ1) is 19.0. The molecule has 0 radical (unpaired) electrons. The van der Waals surface area contributed by atoms with Crippen LogP contribution in [-0.2, 0) is 26.2 Å². The Balaban J connectivity index is 2.09. The summed E-state index contributed by atoms with van der Waals surface area (Å²) in [6, 6.07) is 18.3. The number of hydrogen-bond donors (Lipinski definition) is 1.